The van der Waals surface area contributed by atoms with Crippen molar-refractivity contribution in [3.63, 3.8) is 0 Å². The standard InChI is InChI=1S/C16H20N2O2S/c1-10-5-11(2)16(12(3)6-10)17-15(19)9-21-8-14-7-13(4)20-18-14/h5-7H,8-9H2,1-4H3,(H,17,19). The molecular formula is C16H20N2O2S. The van der Waals surface area contributed by atoms with E-state index < -0.39 is 0 Å². The number of aryl methyl sites for hydroxylation is 4. The van der Waals surface area contributed by atoms with Gasteiger partial charge in [0.1, 0.15) is 5.76 Å². The lowest BCUT2D eigenvalue weighted by Crippen LogP contribution is -2.16. The Balaban J connectivity index is 1.87. The number of thioether (sulfide) groups is 1. The summed E-state index contributed by atoms with van der Waals surface area (Å²) in [6.45, 7) is 7.94. The van der Waals surface area contributed by atoms with Crippen molar-refractivity contribution in [2.24, 2.45) is 0 Å². The molecule has 0 saturated carbocycles. The largest absolute Gasteiger partial charge is 0.361 e. The summed E-state index contributed by atoms with van der Waals surface area (Å²) in [7, 11) is 0. The highest BCUT2D eigenvalue weighted by molar-refractivity contribution is 7.99. The normalized spacial score (nSPS) is 10.7. The Labute approximate surface area is 129 Å². The molecule has 1 heterocycles. The molecule has 5 heteroatoms. The zero-order chi connectivity index (χ0) is 15.4. The van der Waals surface area contributed by atoms with Crippen LogP contribution in [0.1, 0.15) is 28.1 Å². The summed E-state index contributed by atoms with van der Waals surface area (Å²) in [5.41, 5.74) is 5.19. The number of benzene rings is 1. The van der Waals surface area contributed by atoms with Crippen molar-refractivity contribution in [1.29, 1.82) is 0 Å². The number of nitrogens with one attached hydrogen (secondary N) is 1. The lowest BCUT2D eigenvalue weighted by atomic mass is 10.1. The highest BCUT2D eigenvalue weighted by Crippen LogP contribution is 2.22. The number of nitrogens with zero attached hydrogens (tertiary/aromatic N) is 1. The van der Waals surface area contributed by atoms with Crippen molar-refractivity contribution in [2.75, 3.05) is 11.1 Å². The van der Waals surface area contributed by atoms with Gasteiger partial charge in [0, 0.05) is 17.5 Å². The van der Waals surface area contributed by atoms with Gasteiger partial charge in [-0.1, -0.05) is 22.9 Å². The van der Waals surface area contributed by atoms with E-state index in [4.69, 9.17) is 4.52 Å². The first-order valence-electron chi connectivity index (χ1n) is 6.83. The quantitative estimate of drug-likeness (QED) is 0.913. The molecule has 4 nitrogen and oxygen atoms in total. The molecule has 0 bridgehead atoms. The molecule has 0 saturated heterocycles. The van der Waals surface area contributed by atoms with E-state index in [0.29, 0.717) is 11.5 Å². The molecule has 1 N–H and O–H groups in total. The van der Waals surface area contributed by atoms with Gasteiger partial charge in [0.15, 0.2) is 0 Å². The number of carbonyl (C=O) groups excluding carboxylic acids is 1. The van der Waals surface area contributed by atoms with Crippen LogP contribution in [0.2, 0.25) is 0 Å². The predicted octanol–water partition coefficient (Wildman–Crippen LogP) is 3.78. The number of carbonyl (C=O) groups is 1. The van der Waals surface area contributed by atoms with E-state index in [1.807, 2.05) is 26.8 Å². The summed E-state index contributed by atoms with van der Waals surface area (Å²) >= 11 is 1.53. The first-order chi connectivity index (χ1) is 9.95. The Hall–Kier alpha value is -1.75. The first-order valence-corrected chi connectivity index (χ1v) is 7.99. The topological polar surface area (TPSA) is 55.1 Å². The van der Waals surface area contributed by atoms with Crippen LogP contribution in [0.5, 0.6) is 0 Å². The number of hydrogen-bond donors (Lipinski definition) is 1. The maximum atomic E-state index is 12.0. The highest BCUT2D eigenvalue weighted by Gasteiger charge is 2.09. The van der Waals surface area contributed by atoms with Crippen molar-refractivity contribution in [3.05, 3.63) is 46.3 Å². The van der Waals surface area contributed by atoms with Crippen LogP contribution in [0.3, 0.4) is 0 Å². The minimum absolute atomic E-state index is 0.00951. The summed E-state index contributed by atoms with van der Waals surface area (Å²) < 4.78 is 5.00. The van der Waals surface area contributed by atoms with E-state index in [2.05, 4.69) is 29.5 Å². The van der Waals surface area contributed by atoms with Gasteiger partial charge in [-0.2, -0.15) is 0 Å². The maximum absolute atomic E-state index is 12.0. The van der Waals surface area contributed by atoms with Gasteiger partial charge in [-0.05, 0) is 38.8 Å². The molecule has 1 amide bonds. The van der Waals surface area contributed by atoms with Gasteiger partial charge in [0.05, 0.1) is 11.4 Å². The molecule has 0 aliphatic carbocycles. The molecule has 0 spiro atoms. The Morgan fingerprint density at radius 2 is 1.86 bits per heavy atom. The van der Waals surface area contributed by atoms with Crippen molar-refractivity contribution < 1.29 is 9.32 Å². The second-order valence-electron chi connectivity index (χ2n) is 5.24. The van der Waals surface area contributed by atoms with Gasteiger partial charge in [-0.25, -0.2) is 0 Å². The molecule has 1 aromatic heterocycles. The lowest BCUT2D eigenvalue weighted by Gasteiger charge is -2.12. The van der Waals surface area contributed by atoms with Crippen molar-refractivity contribution in [1.82, 2.24) is 5.16 Å². The number of rotatable bonds is 5. The molecule has 0 unspecified atom stereocenters. The molecule has 0 atom stereocenters. The third-order valence-corrected chi connectivity index (χ3v) is 4.07. The fourth-order valence-electron chi connectivity index (χ4n) is 2.29. The third-order valence-electron chi connectivity index (χ3n) is 3.10. The van der Waals surface area contributed by atoms with Crippen LogP contribution in [0.15, 0.2) is 22.7 Å². The van der Waals surface area contributed by atoms with Crippen LogP contribution in [-0.2, 0) is 10.5 Å². The monoisotopic (exact) mass is 304 g/mol. The second kappa shape index (κ2) is 6.80. The van der Waals surface area contributed by atoms with E-state index in [-0.39, 0.29) is 5.91 Å². The molecule has 2 aromatic rings. The molecule has 1 aromatic carbocycles. The van der Waals surface area contributed by atoms with E-state index in [1.165, 1.54) is 17.3 Å². The van der Waals surface area contributed by atoms with Crippen molar-refractivity contribution in [2.45, 2.75) is 33.4 Å². The zero-order valence-electron chi connectivity index (χ0n) is 12.8. The van der Waals surface area contributed by atoms with E-state index in [0.717, 1.165) is 28.3 Å². The van der Waals surface area contributed by atoms with Crippen LogP contribution in [0.25, 0.3) is 0 Å². The summed E-state index contributed by atoms with van der Waals surface area (Å²) in [4.78, 5) is 12.0. The van der Waals surface area contributed by atoms with Gasteiger partial charge in [0.25, 0.3) is 0 Å². The summed E-state index contributed by atoms with van der Waals surface area (Å²) in [6.07, 6.45) is 0. The molecule has 0 radical (unpaired) electrons. The van der Waals surface area contributed by atoms with Crippen molar-refractivity contribution >= 4 is 23.4 Å². The Morgan fingerprint density at radius 1 is 1.19 bits per heavy atom. The molecule has 2 rings (SSSR count). The average molecular weight is 304 g/mol. The van der Waals surface area contributed by atoms with Crippen LogP contribution in [-0.4, -0.2) is 16.8 Å². The Morgan fingerprint density at radius 3 is 2.43 bits per heavy atom. The fraction of sp³-hybridized carbons (Fsp3) is 0.375. The number of amides is 1. The van der Waals surface area contributed by atoms with Crippen LogP contribution in [0.4, 0.5) is 5.69 Å². The van der Waals surface area contributed by atoms with Crippen LogP contribution >= 0.6 is 11.8 Å². The van der Waals surface area contributed by atoms with Gasteiger partial charge in [-0.15, -0.1) is 11.8 Å². The van der Waals surface area contributed by atoms with Gasteiger partial charge >= 0.3 is 0 Å². The van der Waals surface area contributed by atoms with Crippen LogP contribution < -0.4 is 5.32 Å². The molecular weight excluding hydrogens is 284 g/mol. The Bertz CT molecular complexity index is 626. The minimum atomic E-state index is 0.00951. The Kier molecular flexibility index (Phi) is 5.07. The van der Waals surface area contributed by atoms with Crippen molar-refractivity contribution in [3.8, 4) is 0 Å². The zero-order valence-corrected chi connectivity index (χ0v) is 13.6. The van der Waals surface area contributed by atoms with Gasteiger partial charge < -0.3 is 9.84 Å². The summed E-state index contributed by atoms with van der Waals surface area (Å²) in [6, 6.07) is 6.04. The summed E-state index contributed by atoms with van der Waals surface area (Å²) in [5.74, 6) is 1.88. The van der Waals surface area contributed by atoms with E-state index in [1.54, 1.807) is 0 Å². The second-order valence-corrected chi connectivity index (χ2v) is 6.23. The maximum Gasteiger partial charge on any atom is 0.234 e. The van der Waals surface area contributed by atoms with Crippen LogP contribution in [0, 0.1) is 27.7 Å². The minimum Gasteiger partial charge on any atom is -0.361 e. The fourth-order valence-corrected chi connectivity index (χ4v) is 2.99. The molecule has 21 heavy (non-hydrogen) atoms. The third kappa shape index (κ3) is 4.36. The number of hydrogen-bond acceptors (Lipinski definition) is 4. The summed E-state index contributed by atoms with van der Waals surface area (Å²) in [5, 5.41) is 6.90. The number of anilines is 1. The van der Waals surface area contributed by atoms with E-state index >= 15 is 0 Å². The number of aromatic nitrogens is 1. The average Bonchev–Trinajstić information content (AvgIpc) is 2.79. The molecule has 0 aliphatic rings. The smallest absolute Gasteiger partial charge is 0.234 e. The SMILES string of the molecule is Cc1cc(C)c(NC(=O)CSCc2cc(C)on2)c(C)c1. The van der Waals surface area contributed by atoms with E-state index in [9.17, 15) is 4.79 Å². The van der Waals surface area contributed by atoms with Gasteiger partial charge in [-0.3, -0.25) is 4.79 Å². The highest BCUT2D eigenvalue weighted by atomic mass is 32.2. The molecule has 0 fully saturated rings. The molecule has 112 valence electrons. The predicted molar refractivity (Wildman–Crippen MR) is 86.7 cm³/mol. The van der Waals surface area contributed by atoms with Gasteiger partial charge in [0.2, 0.25) is 5.91 Å². The lowest BCUT2D eigenvalue weighted by molar-refractivity contribution is -0.113. The first kappa shape index (κ1) is 15.6. The molecule has 0 aliphatic heterocycles.